The maximum Gasteiger partial charge on any atom is 0.319 e. The Labute approximate surface area is 130 Å². The molecule has 1 atom stereocenters. The highest BCUT2D eigenvalue weighted by Crippen LogP contribution is 2.24. The van der Waals surface area contributed by atoms with Crippen molar-refractivity contribution in [2.24, 2.45) is 0 Å². The quantitative estimate of drug-likeness (QED) is 0.898. The molecule has 2 amide bonds. The number of urea groups is 1. The van der Waals surface area contributed by atoms with Crippen LogP contribution in [0.1, 0.15) is 12.5 Å². The molecule has 0 aromatic heterocycles. The van der Waals surface area contributed by atoms with E-state index < -0.39 is 0 Å². The molecular formula is C15H22ClN3O2. The molecule has 1 aliphatic heterocycles. The van der Waals surface area contributed by atoms with Crippen molar-refractivity contribution >= 4 is 23.3 Å². The van der Waals surface area contributed by atoms with Crippen LogP contribution in [0.25, 0.3) is 0 Å². The Balaban J connectivity index is 1.82. The van der Waals surface area contributed by atoms with Gasteiger partial charge in [-0.1, -0.05) is 23.7 Å². The van der Waals surface area contributed by atoms with Crippen LogP contribution in [0.5, 0.6) is 0 Å². The molecule has 0 unspecified atom stereocenters. The highest BCUT2D eigenvalue weighted by Gasteiger charge is 2.17. The molecule has 2 N–H and O–H groups in total. The van der Waals surface area contributed by atoms with Crippen molar-refractivity contribution in [3.8, 4) is 0 Å². The van der Waals surface area contributed by atoms with Crippen molar-refractivity contribution in [2.75, 3.05) is 38.2 Å². The van der Waals surface area contributed by atoms with Gasteiger partial charge < -0.3 is 15.4 Å². The largest absolute Gasteiger partial charge is 0.379 e. The zero-order chi connectivity index (χ0) is 15.2. The summed E-state index contributed by atoms with van der Waals surface area (Å²) in [5.41, 5.74) is 1.61. The number of ether oxygens (including phenoxy) is 1. The van der Waals surface area contributed by atoms with Gasteiger partial charge in [-0.3, -0.25) is 4.90 Å². The topological polar surface area (TPSA) is 53.6 Å². The summed E-state index contributed by atoms with van der Waals surface area (Å²) in [6, 6.07) is 5.60. The molecular weight excluding hydrogens is 290 g/mol. The molecule has 0 saturated carbocycles. The third kappa shape index (κ3) is 4.59. The molecule has 1 fully saturated rings. The van der Waals surface area contributed by atoms with Crippen LogP contribution < -0.4 is 10.6 Å². The predicted octanol–water partition coefficient (Wildman–Crippen LogP) is 2.49. The van der Waals surface area contributed by atoms with E-state index in [1.54, 1.807) is 6.07 Å². The Morgan fingerprint density at radius 3 is 2.81 bits per heavy atom. The lowest BCUT2D eigenvalue weighted by Gasteiger charge is -2.32. The van der Waals surface area contributed by atoms with Gasteiger partial charge in [-0.05, 0) is 25.5 Å². The van der Waals surface area contributed by atoms with E-state index in [0.717, 1.165) is 31.9 Å². The van der Waals surface area contributed by atoms with E-state index >= 15 is 0 Å². The standard InChI is InChI=1S/C15H22ClN3O2/c1-11-4-3-5-13(16)14(11)18-15(20)17-10-12(2)19-6-8-21-9-7-19/h3-5,12H,6-10H2,1-2H3,(H2,17,18,20)/t12-/m1/s1. The molecule has 6 heteroatoms. The Hall–Kier alpha value is -1.30. The van der Waals surface area contributed by atoms with E-state index in [4.69, 9.17) is 16.3 Å². The van der Waals surface area contributed by atoms with Gasteiger partial charge in [-0.15, -0.1) is 0 Å². The monoisotopic (exact) mass is 311 g/mol. The number of halogens is 1. The van der Waals surface area contributed by atoms with Gasteiger partial charge >= 0.3 is 6.03 Å². The highest BCUT2D eigenvalue weighted by atomic mass is 35.5. The number of amides is 2. The van der Waals surface area contributed by atoms with Gasteiger partial charge in [0.2, 0.25) is 0 Å². The van der Waals surface area contributed by atoms with Gasteiger partial charge in [0.05, 0.1) is 23.9 Å². The minimum absolute atomic E-state index is 0.230. The molecule has 116 valence electrons. The van der Waals surface area contributed by atoms with Gasteiger partial charge in [0.15, 0.2) is 0 Å². The third-order valence-corrected chi connectivity index (χ3v) is 4.00. The molecule has 1 saturated heterocycles. The lowest BCUT2D eigenvalue weighted by molar-refractivity contribution is 0.0209. The van der Waals surface area contributed by atoms with Crippen LogP contribution >= 0.6 is 11.6 Å². The van der Waals surface area contributed by atoms with Gasteiger partial charge in [-0.2, -0.15) is 0 Å². The summed E-state index contributed by atoms with van der Waals surface area (Å²) >= 11 is 6.09. The van der Waals surface area contributed by atoms with Crippen molar-refractivity contribution in [3.05, 3.63) is 28.8 Å². The average Bonchev–Trinajstić information content (AvgIpc) is 2.49. The summed E-state index contributed by atoms with van der Waals surface area (Å²) < 4.78 is 5.32. The van der Waals surface area contributed by atoms with Crippen LogP contribution in [0, 0.1) is 6.92 Å². The lowest BCUT2D eigenvalue weighted by atomic mass is 10.2. The Morgan fingerprint density at radius 2 is 2.14 bits per heavy atom. The number of hydrogen-bond donors (Lipinski definition) is 2. The first-order valence-electron chi connectivity index (χ1n) is 7.19. The first kappa shape index (κ1) is 16.1. The number of para-hydroxylation sites is 1. The SMILES string of the molecule is Cc1cccc(Cl)c1NC(=O)NC[C@@H](C)N1CCOCC1. The van der Waals surface area contributed by atoms with Gasteiger partial charge in [0.1, 0.15) is 0 Å². The average molecular weight is 312 g/mol. The fourth-order valence-corrected chi connectivity index (χ4v) is 2.60. The van der Waals surface area contributed by atoms with Gasteiger partial charge in [0.25, 0.3) is 0 Å². The lowest BCUT2D eigenvalue weighted by Crippen LogP contribution is -2.47. The molecule has 1 aromatic carbocycles. The second-order valence-electron chi connectivity index (χ2n) is 5.26. The number of nitrogens with one attached hydrogen (secondary N) is 2. The minimum atomic E-state index is -0.230. The van der Waals surface area contributed by atoms with Crippen molar-refractivity contribution in [2.45, 2.75) is 19.9 Å². The second kappa shape index (κ2) is 7.64. The number of anilines is 1. The van der Waals surface area contributed by atoms with Crippen LogP contribution in [0.4, 0.5) is 10.5 Å². The fourth-order valence-electron chi connectivity index (χ4n) is 2.34. The molecule has 0 radical (unpaired) electrons. The molecule has 0 spiro atoms. The predicted molar refractivity (Wildman–Crippen MR) is 85.1 cm³/mol. The van der Waals surface area contributed by atoms with Crippen LogP contribution in [0.3, 0.4) is 0 Å². The van der Waals surface area contributed by atoms with Crippen LogP contribution in [-0.4, -0.2) is 49.8 Å². The molecule has 5 nitrogen and oxygen atoms in total. The van der Waals surface area contributed by atoms with Crippen LogP contribution in [0.2, 0.25) is 5.02 Å². The molecule has 1 heterocycles. The summed E-state index contributed by atoms with van der Waals surface area (Å²) in [5, 5.41) is 6.25. The maximum absolute atomic E-state index is 12.0. The Bertz CT molecular complexity index is 470. The van der Waals surface area contributed by atoms with Crippen LogP contribution in [-0.2, 0) is 4.74 Å². The zero-order valence-electron chi connectivity index (χ0n) is 12.5. The summed E-state index contributed by atoms with van der Waals surface area (Å²) in [7, 11) is 0. The Kier molecular flexibility index (Phi) is 5.85. The van der Waals surface area contributed by atoms with E-state index in [0.29, 0.717) is 17.3 Å². The van der Waals surface area contributed by atoms with E-state index in [2.05, 4.69) is 22.5 Å². The highest BCUT2D eigenvalue weighted by molar-refractivity contribution is 6.33. The first-order valence-corrected chi connectivity index (χ1v) is 7.57. The molecule has 1 aromatic rings. The fraction of sp³-hybridized carbons (Fsp3) is 0.533. The van der Waals surface area contributed by atoms with E-state index in [9.17, 15) is 4.79 Å². The maximum atomic E-state index is 12.0. The van der Waals surface area contributed by atoms with Crippen molar-refractivity contribution in [1.82, 2.24) is 10.2 Å². The summed E-state index contributed by atoms with van der Waals surface area (Å²) in [4.78, 5) is 14.3. The van der Waals surface area contributed by atoms with Gasteiger partial charge in [-0.25, -0.2) is 4.79 Å². The molecule has 1 aliphatic rings. The molecule has 0 aliphatic carbocycles. The molecule has 21 heavy (non-hydrogen) atoms. The van der Waals surface area contributed by atoms with Crippen molar-refractivity contribution < 1.29 is 9.53 Å². The van der Waals surface area contributed by atoms with E-state index in [-0.39, 0.29) is 12.1 Å². The number of morpholine rings is 1. The molecule has 2 rings (SSSR count). The van der Waals surface area contributed by atoms with E-state index in [1.807, 2.05) is 19.1 Å². The third-order valence-electron chi connectivity index (χ3n) is 3.69. The Morgan fingerprint density at radius 1 is 1.43 bits per heavy atom. The minimum Gasteiger partial charge on any atom is -0.379 e. The number of benzene rings is 1. The zero-order valence-corrected chi connectivity index (χ0v) is 13.2. The number of carbonyl (C=O) groups is 1. The van der Waals surface area contributed by atoms with E-state index in [1.165, 1.54) is 0 Å². The van der Waals surface area contributed by atoms with Crippen LogP contribution in [0.15, 0.2) is 18.2 Å². The van der Waals surface area contributed by atoms with Gasteiger partial charge in [0, 0.05) is 25.7 Å². The summed E-state index contributed by atoms with van der Waals surface area (Å²) in [6.07, 6.45) is 0. The first-order chi connectivity index (χ1) is 10.1. The smallest absolute Gasteiger partial charge is 0.319 e. The van der Waals surface area contributed by atoms with Crippen molar-refractivity contribution in [1.29, 1.82) is 0 Å². The number of rotatable bonds is 4. The summed E-state index contributed by atoms with van der Waals surface area (Å²) in [5.74, 6) is 0. The number of hydrogen-bond acceptors (Lipinski definition) is 3. The number of nitrogens with zero attached hydrogens (tertiary/aromatic N) is 1. The normalized spacial score (nSPS) is 17.3. The number of aryl methyl sites for hydroxylation is 1. The molecule has 0 bridgehead atoms. The second-order valence-corrected chi connectivity index (χ2v) is 5.67. The van der Waals surface area contributed by atoms with Crippen molar-refractivity contribution in [3.63, 3.8) is 0 Å². The summed E-state index contributed by atoms with van der Waals surface area (Å²) in [6.45, 7) is 7.95. The number of carbonyl (C=O) groups excluding carboxylic acids is 1.